The van der Waals surface area contributed by atoms with Crippen molar-refractivity contribution >= 4 is 17.9 Å². The van der Waals surface area contributed by atoms with Crippen molar-refractivity contribution in [3.8, 4) is 0 Å². The summed E-state index contributed by atoms with van der Waals surface area (Å²) in [6.45, 7) is 8.47. The molecule has 0 rings (SSSR count). The average Bonchev–Trinajstić information content (AvgIpc) is 2.23. The fourth-order valence-corrected chi connectivity index (χ4v) is 1.28. The molecular formula is C13H22O6. The van der Waals surface area contributed by atoms with Gasteiger partial charge in [0.05, 0.1) is 25.2 Å². The number of carbonyl (C=O) groups excluding carboxylic acids is 3. The monoisotopic (exact) mass is 274 g/mol. The molecule has 0 saturated carbocycles. The van der Waals surface area contributed by atoms with E-state index in [2.05, 4.69) is 0 Å². The van der Waals surface area contributed by atoms with Gasteiger partial charge in [-0.3, -0.25) is 14.4 Å². The maximum absolute atomic E-state index is 11.8. The van der Waals surface area contributed by atoms with Crippen LogP contribution in [0.15, 0.2) is 0 Å². The SMILES string of the molecule is CCOC(=O)CC(C(=O)OC(C)C)C(=O)OC(C)C. The molecule has 0 spiro atoms. The van der Waals surface area contributed by atoms with E-state index in [4.69, 9.17) is 14.2 Å². The smallest absolute Gasteiger partial charge is 0.321 e. The van der Waals surface area contributed by atoms with Gasteiger partial charge in [0.25, 0.3) is 0 Å². The first-order valence-corrected chi connectivity index (χ1v) is 6.34. The molecule has 0 saturated heterocycles. The molecule has 0 aliphatic rings. The molecule has 6 heteroatoms. The summed E-state index contributed by atoms with van der Waals surface area (Å²) < 4.78 is 14.6. The van der Waals surface area contributed by atoms with E-state index in [1.165, 1.54) is 0 Å². The van der Waals surface area contributed by atoms with Crippen molar-refractivity contribution in [2.24, 2.45) is 5.92 Å². The number of hydrogen-bond donors (Lipinski definition) is 0. The molecule has 19 heavy (non-hydrogen) atoms. The molecule has 0 aromatic heterocycles. The summed E-state index contributed by atoms with van der Waals surface area (Å²) in [4.78, 5) is 35.0. The molecule has 0 unspecified atom stereocenters. The number of rotatable bonds is 7. The zero-order chi connectivity index (χ0) is 15.0. The van der Waals surface area contributed by atoms with Crippen LogP contribution in [0.5, 0.6) is 0 Å². The van der Waals surface area contributed by atoms with Crippen molar-refractivity contribution in [1.82, 2.24) is 0 Å². The Labute approximate surface area is 113 Å². The van der Waals surface area contributed by atoms with Gasteiger partial charge in [-0.1, -0.05) is 0 Å². The summed E-state index contributed by atoms with van der Waals surface area (Å²) in [6, 6.07) is 0. The summed E-state index contributed by atoms with van der Waals surface area (Å²) in [7, 11) is 0. The lowest BCUT2D eigenvalue weighted by Crippen LogP contribution is -2.33. The van der Waals surface area contributed by atoms with Gasteiger partial charge < -0.3 is 14.2 Å². The molecule has 0 aliphatic heterocycles. The highest BCUT2D eigenvalue weighted by Crippen LogP contribution is 2.13. The van der Waals surface area contributed by atoms with Crippen LogP contribution in [0.1, 0.15) is 41.0 Å². The molecular weight excluding hydrogens is 252 g/mol. The second-order valence-electron chi connectivity index (χ2n) is 4.53. The molecule has 0 heterocycles. The maximum Gasteiger partial charge on any atom is 0.321 e. The second kappa shape index (κ2) is 8.50. The van der Waals surface area contributed by atoms with Crippen molar-refractivity contribution in [3.05, 3.63) is 0 Å². The maximum atomic E-state index is 11.8. The van der Waals surface area contributed by atoms with Crippen LogP contribution in [0.4, 0.5) is 0 Å². The normalized spacial score (nSPS) is 10.7. The van der Waals surface area contributed by atoms with Crippen LogP contribution in [0.3, 0.4) is 0 Å². The van der Waals surface area contributed by atoms with E-state index in [1.54, 1.807) is 34.6 Å². The quantitative estimate of drug-likeness (QED) is 0.397. The van der Waals surface area contributed by atoms with Crippen LogP contribution in [-0.4, -0.2) is 36.7 Å². The second-order valence-corrected chi connectivity index (χ2v) is 4.53. The Kier molecular flexibility index (Phi) is 7.79. The zero-order valence-corrected chi connectivity index (χ0v) is 12.1. The molecule has 110 valence electrons. The van der Waals surface area contributed by atoms with E-state index in [9.17, 15) is 14.4 Å². The topological polar surface area (TPSA) is 78.9 Å². The Morgan fingerprint density at radius 1 is 0.895 bits per heavy atom. The summed E-state index contributed by atoms with van der Waals surface area (Å²) in [5.41, 5.74) is 0. The highest BCUT2D eigenvalue weighted by atomic mass is 16.6. The Bertz CT molecular complexity index is 299. The number of ether oxygens (including phenoxy) is 3. The number of esters is 3. The lowest BCUT2D eigenvalue weighted by atomic mass is 10.1. The van der Waals surface area contributed by atoms with E-state index in [1.807, 2.05) is 0 Å². The minimum atomic E-state index is -1.27. The van der Waals surface area contributed by atoms with Crippen molar-refractivity contribution < 1.29 is 28.6 Å². The standard InChI is InChI=1S/C13H22O6/c1-6-17-11(14)7-10(12(15)18-8(2)3)13(16)19-9(4)5/h8-10H,6-7H2,1-5H3. The molecule has 0 aromatic rings. The van der Waals surface area contributed by atoms with E-state index in [0.717, 1.165) is 0 Å². The van der Waals surface area contributed by atoms with Crippen molar-refractivity contribution in [3.63, 3.8) is 0 Å². The number of hydrogen-bond acceptors (Lipinski definition) is 6. The summed E-state index contributed by atoms with van der Waals surface area (Å²) in [6.07, 6.45) is -1.11. The minimum absolute atomic E-state index is 0.185. The van der Waals surface area contributed by atoms with E-state index < -0.39 is 23.8 Å². The van der Waals surface area contributed by atoms with Gasteiger partial charge in [0, 0.05) is 0 Å². The van der Waals surface area contributed by atoms with Crippen LogP contribution in [0.2, 0.25) is 0 Å². The fraction of sp³-hybridized carbons (Fsp3) is 0.769. The first kappa shape index (κ1) is 17.4. The first-order valence-electron chi connectivity index (χ1n) is 6.34. The number of carbonyl (C=O) groups is 3. The van der Waals surface area contributed by atoms with Gasteiger partial charge in [-0.2, -0.15) is 0 Å². The predicted octanol–water partition coefficient (Wildman–Crippen LogP) is 1.46. The highest BCUT2D eigenvalue weighted by molar-refractivity contribution is 5.98. The van der Waals surface area contributed by atoms with Gasteiger partial charge >= 0.3 is 17.9 Å². The van der Waals surface area contributed by atoms with E-state index >= 15 is 0 Å². The molecule has 0 aromatic carbocycles. The Hall–Kier alpha value is -1.59. The lowest BCUT2D eigenvalue weighted by molar-refractivity contribution is -0.170. The molecule has 6 nitrogen and oxygen atoms in total. The van der Waals surface area contributed by atoms with Crippen LogP contribution in [0.25, 0.3) is 0 Å². The van der Waals surface area contributed by atoms with Crippen molar-refractivity contribution in [2.75, 3.05) is 6.61 Å². The molecule has 0 radical (unpaired) electrons. The first-order chi connectivity index (χ1) is 8.77. The average molecular weight is 274 g/mol. The van der Waals surface area contributed by atoms with Gasteiger partial charge in [0.2, 0.25) is 0 Å². The van der Waals surface area contributed by atoms with Crippen LogP contribution >= 0.6 is 0 Å². The third kappa shape index (κ3) is 7.43. The molecule has 0 amide bonds. The molecule has 0 N–H and O–H groups in total. The lowest BCUT2D eigenvalue weighted by Gasteiger charge is -2.17. The van der Waals surface area contributed by atoms with Gasteiger partial charge in [-0.25, -0.2) is 0 Å². The van der Waals surface area contributed by atoms with E-state index in [-0.39, 0.29) is 25.2 Å². The summed E-state index contributed by atoms with van der Waals surface area (Å²) in [5, 5.41) is 0. The molecule has 0 fully saturated rings. The highest BCUT2D eigenvalue weighted by Gasteiger charge is 2.33. The van der Waals surface area contributed by atoms with Crippen LogP contribution in [0, 0.1) is 5.92 Å². The third-order valence-electron chi connectivity index (χ3n) is 1.95. The van der Waals surface area contributed by atoms with Crippen molar-refractivity contribution in [2.45, 2.75) is 53.2 Å². The Morgan fingerprint density at radius 2 is 1.32 bits per heavy atom. The largest absolute Gasteiger partial charge is 0.466 e. The Morgan fingerprint density at radius 3 is 1.63 bits per heavy atom. The molecule has 0 bridgehead atoms. The Balaban J connectivity index is 4.76. The van der Waals surface area contributed by atoms with Crippen LogP contribution in [-0.2, 0) is 28.6 Å². The van der Waals surface area contributed by atoms with Gasteiger partial charge in [0.1, 0.15) is 0 Å². The van der Waals surface area contributed by atoms with Gasteiger partial charge in [-0.05, 0) is 34.6 Å². The minimum Gasteiger partial charge on any atom is -0.466 e. The van der Waals surface area contributed by atoms with Crippen molar-refractivity contribution in [1.29, 1.82) is 0 Å². The summed E-state index contributed by atoms with van der Waals surface area (Å²) in [5.74, 6) is -3.44. The molecule has 0 aliphatic carbocycles. The van der Waals surface area contributed by atoms with Gasteiger partial charge in [-0.15, -0.1) is 0 Å². The summed E-state index contributed by atoms with van der Waals surface area (Å²) >= 11 is 0. The fourth-order valence-electron chi connectivity index (χ4n) is 1.28. The zero-order valence-electron chi connectivity index (χ0n) is 12.1. The van der Waals surface area contributed by atoms with E-state index in [0.29, 0.717) is 0 Å². The van der Waals surface area contributed by atoms with Gasteiger partial charge in [0.15, 0.2) is 5.92 Å². The van der Waals surface area contributed by atoms with Crippen LogP contribution < -0.4 is 0 Å². The molecule has 0 atom stereocenters. The third-order valence-corrected chi connectivity index (χ3v) is 1.95. The predicted molar refractivity (Wildman–Crippen MR) is 67.2 cm³/mol.